The fourth-order valence-electron chi connectivity index (χ4n) is 4.88. The minimum atomic E-state index is -1.66. The van der Waals surface area contributed by atoms with Gasteiger partial charge in [0.05, 0.1) is 27.9 Å². The maximum absolute atomic E-state index is 14.5. The highest BCUT2D eigenvalue weighted by molar-refractivity contribution is 6.11. The number of Topliss-reactive ketones (excluding diaryl/α,β-unsaturated/α-hetero) is 1. The number of benzene rings is 3. The van der Waals surface area contributed by atoms with E-state index in [2.05, 4.69) is 6.92 Å². The average Bonchev–Trinajstić information content (AvgIpc) is 3.24. The molecule has 8 nitrogen and oxygen atoms in total. The van der Waals surface area contributed by atoms with E-state index in [0.717, 1.165) is 24.8 Å². The van der Waals surface area contributed by atoms with Crippen molar-refractivity contribution in [2.45, 2.75) is 38.3 Å². The molecule has 1 heterocycles. The maximum atomic E-state index is 14.5. The zero-order chi connectivity index (χ0) is 28.7. The average molecular weight is 546 g/mol. The summed E-state index contributed by atoms with van der Waals surface area (Å²) in [5.74, 6) is 0.550. The lowest BCUT2D eigenvalue weighted by molar-refractivity contribution is -0.131. The molecule has 3 aromatic rings. The van der Waals surface area contributed by atoms with Gasteiger partial charge in [-0.05, 0) is 66.1 Å². The van der Waals surface area contributed by atoms with Gasteiger partial charge < -0.3 is 29.0 Å². The molecule has 8 heteroatoms. The maximum Gasteiger partial charge on any atom is 0.290 e. The molecule has 1 aliphatic heterocycles. The number of rotatable bonds is 13. The van der Waals surface area contributed by atoms with Gasteiger partial charge in [0.25, 0.3) is 5.91 Å². The van der Waals surface area contributed by atoms with Crippen LogP contribution in [-0.2, 0) is 16.9 Å². The van der Waals surface area contributed by atoms with Gasteiger partial charge in [-0.1, -0.05) is 38.0 Å². The lowest BCUT2D eigenvalue weighted by Crippen LogP contribution is -2.49. The number of hydrogen-bond donors (Lipinski definition) is 1. The van der Waals surface area contributed by atoms with E-state index in [1.165, 1.54) is 25.2 Å². The molecule has 0 aromatic heterocycles. The number of ketones is 1. The molecule has 0 fully saturated rings. The normalized spacial score (nSPS) is 16.4. The highest BCUT2D eigenvalue weighted by Gasteiger charge is 2.52. The first-order valence-corrected chi connectivity index (χ1v) is 13.2. The Hall–Kier alpha value is -4.46. The summed E-state index contributed by atoms with van der Waals surface area (Å²) in [5.41, 5.74) is -0.141. The van der Waals surface area contributed by atoms with Crippen LogP contribution < -0.4 is 18.9 Å². The summed E-state index contributed by atoms with van der Waals surface area (Å²) in [6, 6.07) is 19.1. The van der Waals surface area contributed by atoms with Crippen molar-refractivity contribution in [3.05, 3.63) is 95.3 Å². The molecule has 0 spiro atoms. The zero-order valence-corrected chi connectivity index (χ0v) is 23.3. The Morgan fingerprint density at radius 2 is 1.62 bits per heavy atom. The first-order chi connectivity index (χ1) is 19.4. The number of carbonyl (C=O) groups excluding carboxylic acids is 2. The Labute approximate surface area is 234 Å². The molecule has 0 saturated heterocycles. The molecular weight excluding hydrogens is 510 g/mol. The molecule has 1 unspecified atom stereocenters. The van der Waals surface area contributed by atoms with Crippen molar-refractivity contribution in [2.24, 2.45) is 0 Å². The van der Waals surface area contributed by atoms with Crippen LogP contribution in [0.3, 0.4) is 0 Å². The third-order valence-corrected chi connectivity index (χ3v) is 7.01. The van der Waals surface area contributed by atoms with Crippen LogP contribution in [-0.4, -0.2) is 49.6 Å². The van der Waals surface area contributed by atoms with E-state index < -0.39 is 23.0 Å². The van der Waals surface area contributed by atoms with E-state index in [0.29, 0.717) is 40.7 Å². The summed E-state index contributed by atoms with van der Waals surface area (Å²) in [4.78, 5) is 29.3. The number of hydrogen-bond acceptors (Lipinski definition) is 7. The van der Waals surface area contributed by atoms with Gasteiger partial charge in [0.15, 0.2) is 28.6 Å². The van der Waals surface area contributed by atoms with Crippen LogP contribution in [0.25, 0.3) is 0 Å². The topological polar surface area (TPSA) is 94.5 Å². The zero-order valence-electron chi connectivity index (χ0n) is 23.3. The molecular formula is C32H35NO7. The molecule has 1 N–H and O–H groups in total. The molecule has 1 amide bonds. The van der Waals surface area contributed by atoms with Gasteiger partial charge in [0.2, 0.25) is 0 Å². The number of ether oxygens (including phenoxy) is 4. The van der Waals surface area contributed by atoms with Crippen molar-refractivity contribution in [1.29, 1.82) is 0 Å². The summed E-state index contributed by atoms with van der Waals surface area (Å²) in [5, 5.41) is 10.8. The predicted molar refractivity (Wildman–Crippen MR) is 151 cm³/mol. The van der Waals surface area contributed by atoms with Crippen LogP contribution in [0, 0.1) is 0 Å². The predicted octanol–water partition coefficient (Wildman–Crippen LogP) is 5.84. The molecule has 0 radical (unpaired) electrons. The van der Waals surface area contributed by atoms with Gasteiger partial charge in [-0.2, -0.15) is 0 Å². The van der Waals surface area contributed by atoms with Crippen LogP contribution >= 0.6 is 0 Å². The number of methoxy groups -OCH3 is 3. The van der Waals surface area contributed by atoms with E-state index >= 15 is 0 Å². The van der Waals surface area contributed by atoms with Crippen LogP contribution in [0.2, 0.25) is 0 Å². The summed E-state index contributed by atoms with van der Waals surface area (Å²) >= 11 is 0. The Kier molecular flexibility index (Phi) is 8.99. The number of nitrogens with zero attached hydrogens (tertiary/aromatic N) is 1. The molecule has 3 aromatic carbocycles. The van der Waals surface area contributed by atoms with Gasteiger partial charge in [-0.25, -0.2) is 0 Å². The molecule has 0 aliphatic carbocycles. The van der Waals surface area contributed by atoms with Crippen LogP contribution in [0.4, 0.5) is 0 Å². The highest BCUT2D eigenvalue weighted by atomic mass is 16.5. The molecule has 40 heavy (non-hydrogen) atoms. The van der Waals surface area contributed by atoms with Crippen molar-refractivity contribution < 1.29 is 33.6 Å². The summed E-state index contributed by atoms with van der Waals surface area (Å²) in [6.07, 6.45) is 4.44. The number of amides is 1. The largest absolute Gasteiger partial charge is 0.503 e. The van der Waals surface area contributed by atoms with E-state index in [-0.39, 0.29) is 6.54 Å². The van der Waals surface area contributed by atoms with Crippen LogP contribution in [0.15, 0.2) is 78.6 Å². The SMILES string of the molecule is CCCCCOc1ccc(C(=O)C2(c3ccc(OC)c(OC)c3)C=C(O)C(=O)N2Cc2cccc(OC)c2)cc1. The number of carbonyl (C=O) groups is 2. The highest BCUT2D eigenvalue weighted by Crippen LogP contribution is 2.44. The Morgan fingerprint density at radius 1 is 0.875 bits per heavy atom. The van der Waals surface area contributed by atoms with Gasteiger partial charge in [-0.15, -0.1) is 0 Å². The third-order valence-electron chi connectivity index (χ3n) is 7.01. The van der Waals surface area contributed by atoms with Crippen molar-refractivity contribution in [3.8, 4) is 23.0 Å². The van der Waals surface area contributed by atoms with Gasteiger partial charge >= 0.3 is 0 Å². The summed E-state index contributed by atoms with van der Waals surface area (Å²) in [6.45, 7) is 2.76. The molecule has 0 saturated carbocycles. The number of aliphatic hydroxyl groups is 1. The smallest absolute Gasteiger partial charge is 0.290 e. The molecule has 210 valence electrons. The lowest BCUT2D eigenvalue weighted by atomic mass is 9.81. The fourth-order valence-corrected chi connectivity index (χ4v) is 4.88. The minimum Gasteiger partial charge on any atom is -0.503 e. The van der Waals surface area contributed by atoms with Crippen LogP contribution in [0.5, 0.6) is 23.0 Å². The van der Waals surface area contributed by atoms with Gasteiger partial charge in [0, 0.05) is 18.2 Å². The number of aliphatic hydroxyl groups excluding tert-OH is 1. The monoisotopic (exact) mass is 545 g/mol. The Balaban J connectivity index is 1.80. The fraction of sp³-hybridized carbons (Fsp3) is 0.312. The van der Waals surface area contributed by atoms with E-state index in [9.17, 15) is 14.7 Å². The first-order valence-electron chi connectivity index (χ1n) is 13.2. The quantitative estimate of drug-likeness (QED) is 0.213. The number of unbranched alkanes of at least 4 members (excludes halogenated alkanes) is 2. The Morgan fingerprint density at radius 3 is 2.30 bits per heavy atom. The van der Waals surface area contributed by atoms with Crippen molar-refractivity contribution in [2.75, 3.05) is 27.9 Å². The van der Waals surface area contributed by atoms with Gasteiger partial charge in [0.1, 0.15) is 11.5 Å². The van der Waals surface area contributed by atoms with Crippen molar-refractivity contribution in [1.82, 2.24) is 4.90 Å². The minimum absolute atomic E-state index is 0.0370. The lowest BCUT2D eigenvalue weighted by Gasteiger charge is -2.37. The van der Waals surface area contributed by atoms with Crippen molar-refractivity contribution in [3.63, 3.8) is 0 Å². The second-order valence-electron chi connectivity index (χ2n) is 9.52. The molecule has 1 aliphatic rings. The third kappa shape index (κ3) is 5.61. The van der Waals surface area contributed by atoms with E-state index in [1.54, 1.807) is 67.8 Å². The molecule has 1 atom stereocenters. The van der Waals surface area contributed by atoms with Crippen LogP contribution in [0.1, 0.15) is 47.7 Å². The standard InChI is InChI=1S/C32H35NO7/c1-5-6-7-17-40-25-14-11-23(12-15-25)30(35)32(24-13-16-28(38-3)29(19-24)39-4)20-27(34)31(36)33(32)21-22-9-8-10-26(18-22)37-2/h8-16,18-20,34H,5-7,17,21H2,1-4H3. The first kappa shape index (κ1) is 28.5. The van der Waals surface area contributed by atoms with E-state index in [4.69, 9.17) is 18.9 Å². The summed E-state index contributed by atoms with van der Waals surface area (Å²) in [7, 11) is 4.57. The van der Waals surface area contributed by atoms with Crippen molar-refractivity contribution >= 4 is 11.7 Å². The second-order valence-corrected chi connectivity index (χ2v) is 9.52. The second kappa shape index (κ2) is 12.6. The Bertz CT molecular complexity index is 1380. The van der Waals surface area contributed by atoms with Gasteiger partial charge in [-0.3, -0.25) is 9.59 Å². The summed E-state index contributed by atoms with van der Waals surface area (Å²) < 4.78 is 22.1. The molecule has 4 rings (SSSR count). The van der Waals surface area contributed by atoms with E-state index in [1.807, 2.05) is 6.07 Å². The molecule has 0 bridgehead atoms.